The number of hydrogen-bond donors (Lipinski definition) is 0. The number of fused-ring (bicyclic) bond motifs is 4. The van der Waals surface area contributed by atoms with Gasteiger partial charge in [0.15, 0.2) is 0 Å². The first-order valence-corrected chi connectivity index (χ1v) is 8.88. The minimum absolute atomic E-state index is 0.305. The van der Waals surface area contributed by atoms with Gasteiger partial charge in [0.05, 0.1) is 28.1 Å². The second-order valence-electron chi connectivity index (χ2n) is 6.11. The molecule has 3 heteroatoms. The molecule has 4 aromatic carbocycles. The monoisotopic (exact) mass is 343 g/mol. The highest BCUT2D eigenvalue weighted by atomic mass is 32.2. The van der Waals surface area contributed by atoms with Crippen molar-refractivity contribution in [3.63, 3.8) is 0 Å². The van der Waals surface area contributed by atoms with Gasteiger partial charge in [-0.15, -0.1) is 0 Å². The lowest BCUT2D eigenvalue weighted by Crippen LogP contribution is -1.94. The molecule has 1 aromatic heterocycles. The Kier molecular flexibility index (Phi) is 3.28. The third-order valence-corrected chi connectivity index (χ3v) is 5.23. The summed E-state index contributed by atoms with van der Waals surface area (Å²) in [6.45, 7) is 0. The maximum atomic E-state index is 13.6. The van der Waals surface area contributed by atoms with Crippen LogP contribution < -0.4 is 0 Å². The molecular weight excluding hydrogens is 329 g/mol. The summed E-state index contributed by atoms with van der Waals surface area (Å²) >= 11 is 0.305. The highest BCUT2D eigenvalue weighted by molar-refractivity contribution is 7.94. The summed E-state index contributed by atoms with van der Waals surface area (Å²) in [5, 5.41) is 4.59. The van der Waals surface area contributed by atoms with Crippen LogP contribution in [0.3, 0.4) is 0 Å². The van der Waals surface area contributed by atoms with Crippen molar-refractivity contribution in [2.24, 2.45) is 0 Å². The molecule has 0 bridgehead atoms. The van der Waals surface area contributed by atoms with E-state index in [1.807, 2.05) is 36.4 Å². The van der Waals surface area contributed by atoms with Crippen LogP contribution in [0.15, 0.2) is 89.8 Å². The standard InChI is InChI=1S/C22H14FNS/c23-25-21-11-5-9-19-18-8-3-4-10-20(18)24(22(19)21)17-13-12-15-6-1-2-7-16(15)14-17/h1-14H. The molecule has 0 atom stereocenters. The lowest BCUT2D eigenvalue weighted by molar-refractivity contribution is 0.934. The molecule has 0 radical (unpaired) electrons. The molecule has 1 heterocycles. The molecule has 25 heavy (non-hydrogen) atoms. The minimum atomic E-state index is 0.305. The highest BCUT2D eigenvalue weighted by Gasteiger charge is 2.15. The van der Waals surface area contributed by atoms with E-state index < -0.39 is 0 Å². The van der Waals surface area contributed by atoms with Gasteiger partial charge >= 0.3 is 0 Å². The molecule has 0 unspecified atom stereocenters. The third kappa shape index (κ3) is 2.16. The molecule has 0 spiro atoms. The van der Waals surface area contributed by atoms with Crippen molar-refractivity contribution in [2.45, 2.75) is 4.90 Å². The molecule has 0 saturated heterocycles. The molecule has 0 saturated carbocycles. The Morgan fingerprint density at radius 2 is 1.44 bits per heavy atom. The molecule has 0 amide bonds. The van der Waals surface area contributed by atoms with Gasteiger partial charge in [-0.3, -0.25) is 0 Å². The van der Waals surface area contributed by atoms with E-state index in [-0.39, 0.29) is 0 Å². The van der Waals surface area contributed by atoms with Gasteiger partial charge in [-0.05, 0) is 35.0 Å². The highest BCUT2D eigenvalue weighted by Crippen LogP contribution is 2.38. The molecule has 5 rings (SSSR count). The summed E-state index contributed by atoms with van der Waals surface area (Å²) < 4.78 is 15.8. The zero-order valence-electron chi connectivity index (χ0n) is 13.3. The zero-order valence-corrected chi connectivity index (χ0v) is 14.1. The van der Waals surface area contributed by atoms with Gasteiger partial charge in [-0.2, -0.15) is 3.89 Å². The van der Waals surface area contributed by atoms with E-state index >= 15 is 0 Å². The summed E-state index contributed by atoms with van der Waals surface area (Å²) in [4.78, 5) is 0.641. The van der Waals surface area contributed by atoms with Gasteiger partial charge in [-0.25, -0.2) is 0 Å². The molecule has 120 valence electrons. The van der Waals surface area contributed by atoms with Crippen LogP contribution in [-0.4, -0.2) is 4.57 Å². The van der Waals surface area contributed by atoms with Crippen LogP contribution in [0.1, 0.15) is 0 Å². The Balaban J connectivity index is 1.95. The van der Waals surface area contributed by atoms with Gasteiger partial charge < -0.3 is 4.57 Å². The van der Waals surface area contributed by atoms with E-state index in [9.17, 15) is 3.89 Å². The van der Waals surface area contributed by atoms with Crippen molar-refractivity contribution >= 4 is 44.7 Å². The second kappa shape index (κ2) is 5.64. The van der Waals surface area contributed by atoms with Crippen molar-refractivity contribution in [1.82, 2.24) is 4.57 Å². The summed E-state index contributed by atoms with van der Waals surface area (Å²) in [5.74, 6) is 0. The number of benzene rings is 4. The number of hydrogen-bond acceptors (Lipinski definition) is 1. The lowest BCUT2D eigenvalue weighted by atomic mass is 10.1. The SMILES string of the molecule is FSc1cccc2c3ccccc3n(-c3ccc4ccccc4c3)c12. The number of aromatic nitrogens is 1. The van der Waals surface area contributed by atoms with Crippen LogP contribution in [0.4, 0.5) is 3.89 Å². The Hall–Kier alpha value is -2.78. The molecule has 0 fully saturated rings. The van der Waals surface area contributed by atoms with E-state index in [0.29, 0.717) is 17.0 Å². The van der Waals surface area contributed by atoms with E-state index in [0.717, 1.165) is 27.5 Å². The summed E-state index contributed by atoms with van der Waals surface area (Å²) in [7, 11) is 0. The first-order chi connectivity index (χ1) is 12.4. The van der Waals surface area contributed by atoms with Gasteiger partial charge in [0.25, 0.3) is 0 Å². The van der Waals surface area contributed by atoms with Crippen LogP contribution in [0.2, 0.25) is 0 Å². The maximum absolute atomic E-state index is 13.6. The van der Waals surface area contributed by atoms with Crippen molar-refractivity contribution in [3.8, 4) is 5.69 Å². The number of halogens is 1. The Morgan fingerprint density at radius 3 is 2.32 bits per heavy atom. The van der Waals surface area contributed by atoms with Crippen molar-refractivity contribution in [1.29, 1.82) is 0 Å². The van der Waals surface area contributed by atoms with E-state index in [1.165, 1.54) is 10.8 Å². The molecule has 0 N–H and O–H groups in total. The largest absolute Gasteiger partial charge is 0.308 e. The van der Waals surface area contributed by atoms with Crippen molar-refractivity contribution < 1.29 is 3.89 Å². The number of rotatable bonds is 2. The summed E-state index contributed by atoms with van der Waals surface area (Å²) in [5.41, 5.74) is 3.06. The number of nitrogens with zero attached hydrogens (tertiary/aromatic N) is 1. The Bertz CT molecular complexity index is 1240. The molecule has 1 nitrogen and oxygen atoms in total. The Labute approximate surface area is 149 Å². The molecule has 5 aromatic rings. The van der Waals surface area contributed by atoms with Crippen LogP contribution in [0.25, 0.3) is 38.3 Å². The van der Waals surface area contributed by atoms with Crippen molar-refractivity contribution in [2.75, 3.05) is 0 Å². The molecule has 0 aliphatic rings. The fourth-order valence-corrected chi connectivity index (χ4v) is 4.04. The first kappa shape index (κ1) is 14.6. The molecule has 0 aliphatic carbocycles. The lowest BCUT2D eigenvalue weighted by Gasteiger charge is -2.10. The normalized spacial score (nSPS) is 11.6. The van der Waals surface area contributed by atoms with Gasteiger partial charge in [-0.1, -0.05) is 60.7 Å². The smallest absolute Gasteiger partial charge is 0.0834 e. The number of para-hydroxylation sites is 2. The second-order valence-corrected chi connectivity index (χ2v) is 6.71. The minimum Gasteiger partial charge on any atom is -0.308 e. The average molecular weight is 343 g/mol. The average Bonchev–Trinajstić information content (AvgIpc) is 3.02. The fourth-order valence-electron chi connectivity index (χ4n) is 3.63. The summed E-state index contributed by atoms with van der Waals surface area (Å²) in [6, 6.07) is 28.8. The van der Waals surface area contributed by atoms with Crippen LogP contribution in [0.5, 0.6) is 0 Å². The van der Waals surface area contributed by atoms with Crippen LogP contribution >= 0.6 is 12.1 Å². The zero-order chi connectivity index (χ0) is 16.8. The van der Waals surface area contributed by atoms with Crippen LogP contribution in [-0.2, 0) is 0 Å². The fraction of sp³-hybridized carbons (Fsp3) is 0. The van der Waals surface area contributed by atoms with E-state index in [1.54, 1.807) is 0 Å². The third-order valence-electron chi connectivity index (χ3n) is 4.73. The first-order valence-electron chi connectivity index (χ1n) is 8.17. The van der Waals surface area contributed by atoms with Gasteiger partial charge in [0.1, 0.15) is 0 Å². The van der Waals surface area contributed by atoms with Gasteiger partial charge in [0, 0.05) is 16.5 Å². The summed E-state index contributed by atoms with van der Waals surface area (Å²) in [6.07, 6.45) is 0. The maximum Gasteiger partial charge on any atom is 0.0834 e. The van der Waals surface area contributed by atoms with Gasteiger partial charge in [0.2, 0.25) is 0 Å². The van der Waals surface area contributed by atoms with Crippen molar-refractivity contribution in [3.05, 3.63) is 84.9 Å². The Morgan fingerprint density at radius 1 is 0.680 bits per heavy atom. The quantitative estimate of drug-likeness (QED) is 0.337. The van der Waals surface area contributed by atoms with E-state index in [2.05, 4.69) is 53.1 Å². The van der Waals surface area contributed by atoms with E-state index in [4.69, 9.17) is 0 Å². The molecular formula is C22H14FNS. The predicted octanol–water partition coefficient (Wildman–Crippen LogP) is 6.91. The van der Waals surface area contributed by atoms with Crippen LogP contribution in [0, 0.1) is 0 Å². The topological polar surface area (TPSA) is 4.93 Å². The predicted molar refractivity (Wildman–Crippen MR) is 105 cm³/mol. The molecule has 0 aliphatic heterocycles.